The minimum absolute atomic E-state index is 0.104. The van der Waals surface area contributed by atoms with Gasteiger partial charge in [0, 0.05) is 12.1 Å². The molecule has 0 unspecified atom stereocenters. The van der Waals surface area contributed by atoms with E-state index < -0.39 is 4.92 Å². The number of ether oxygens (including phenoxy) is 2. The average Bonchev–Trinajstić information content (AvgIpc) is 2.99. The van der Waals surface area contributed by atoms with Crippen LogP contribution in [-0.2, 0) is 4.79 Å². The number of thioether (sulfide) groups is 1. The van der Waals surface area contributed by atoms with Crippen molar-refractivity contribution in [2.24, 2.45) is 5.92 Å². The Morgan fingerprint density at radius 1 is 1.23 bits per heavy atom. The maximum atomic E-state index is 12.9. The van der Waals surface area contributed by atoms with E-state index in [2.05, 4.69) is 13.8 Å². The van der Waals surface area contributed by atoms with Crippen molar-refractivity contribution in [1.29, 1.82) is 0 Å². The Hall–Kier alpha value is -2.91. The topological polar surface area (TPSA) is 81.9 Å². The molecule has 0 bridgehead atoms. The highest BCUT2D eigenvalue weighted by molar-refractivity contribution is 8.27. The largest absolute Gasteiger partial charge is 0.493 e. The summed E-state index contributed by atoms with van der Waals surface area (Å²) in [5.41, 5.74) is 1.01. The predicted molar refractivity (Wildman–Crippen MR) is 122 cm³/mol. The van der Waals surface area contributed by atoms with Crippen molar-refractivity contribution in [2.45, 2.75) is 13.8 Å². The molecular formula is C21H20N2O5S2. The van der Waals surface area contributed by atoms with Crippen LogP contribution in [0.5, 0.6) is 11.5 Å². The minimum Gasteiger partial charge on any atom is -0.493 e. The standard InChI is InChI=1S/C21H20N2O5S2/c1-13(2)12-28-17-8-7-14(9-18(17)27-3)10-19-20(24)22(21(29)30-19)15-5-4-6-16(11-15)23(25)26/h4-11,13H,12H2,1-3H3/b19-10+. The quantitative estimate of drug-likeness (QED) is 0.256. The van der Waals surface area contributed by atoms with Crippen molar-refractivity contribution in [3.05, 3.63) is 63.0 Å². The highest BCUT2D eigenvalue weighted by Gasteiger charge is 2.34. The fourth-order valence-corrected chi connectivity index (χ4v) is 4.04. The molecule has 2 aromatic rings. The van der Waals surface area contributed by atoms with E-state index in [4.69, 9.17) is 21.7 Å². The number of thiocarbonyl (C=S) groups is 1. The van der Waals surface area contributed by atoms with Gasteiger partial charge in [0.05, 0.1) is 29.2 Å². The normalized spacial score (nSPS) is 15.2. The van der Waals surface area contributed by atoms with Crippen LogP contribution in [-0.4, -0.2) is 28.9 Å². The number of nitrogens with zero attached hydrogens (tertiary/aromatic N) is 2. The molecule has 0 N–H and O–H groups in total. The van der Waals surface area contributed by atoms with Gasteiger partial charge in [-0.2, -0.15) is 0 Å². The fraction of sp³-hybridized carbons (Fsp3) is 0.238. The zero-order valence-electron chi connectivity index (χ0n) is 16.7. The SMILES string of the molecule is COc1cc(/C=C2/SC(=S)N(c3cccc([N+](=O)[O-])c3)C2=O)ccc1OCC(C)C. The number of hydrogen-bond acceptors (Lipinski definition) is 7. The molecule has 3 rings (SSSR count). The molecule has 2 aromatic carbocycles. The Bertz CT molecular complexity index is 1040. The first-order chi connectivity index (χ1) is 14.3. The van der Waals surface area contributed by atoms with E-state index in [0.29, 0.717) is 38.9 Å². The first-order valence-corrected chi connectivity index (χ1v) is 10.4. The Balaban J connectivity index is 1.86. The lowest BCUT2D eigenvalue weighted by Crippen LogP contribution is -2.27. The van der Waals surface area contributed by atoms with Crippen molar-refractivity contribution < 1.29 is 19.2 Å². The second-order valence-corrected chi connectivity index (χ2v) is 8.58. The number of nitro groups is 1. The summed E-state index contributed by atoms with van der Waals surface area (Å²) >= 11 is 6.49. The molecule has 1 heterocycles. The number of carbonyl (C=O) groups excluding carboxylic acids is 1. The maximum Gasteiger partial charge on any atom is 0.271 e. The van der Waals surface area contributed by atoms with Crippen LogP contribution in [0, 0.1) is 16.0 Å². The Labute approximate surface area is 183 Å². The third-order valence-electron chi connectivity index (χ3n) is 4.15. The first-order valence-electron chi connectivity index (χ1n) is 9.13. The summed E-state index contributed by atoms with van der Waals surface area (Å²) in [5.74, 6) is 1.25. The van der Waals surface area contributed by atoms with Crippen molar-refractivity contribution >= 4 is 51.7 Å². The third-order valence-corrected chi connectivity index (χ3v) is 5.45. The molecule has 1 saturated heterocycles. The van der Waals surface area contributed by atoms with Gasteiger partial charge in [-0.05, 0) is 35.8 Å². The van der Waals surface area contributed by atoms with Crippen molar-refractivity contribution in [2.75, 3.05) is 18.6 Å². The number of methoxy groups -OCH3 is 1. The van der Waals surface area contributed by atoms with Crippen LogP contribution in [0.4, 0.5) is 11.4 Å². The Kier molecular flexibility index (Phi) is 6.73. The van der Waals surface area contributed by atoms with Crippen LogP contribution in [0.25, 0.3) is 6.08 Å². The number of hydrogen-bond donors (Lipinski definition) is 0. The number of non-ortho nitro benzene ring substituents is 1. The zero-order chi connectivity index (χ0) is 21.8. The Morgan fingerprint density at radius 3 is 2.67 bits per heavy atom. The lowest BCUT2D eigenvalue weighted by molar-refractivity contribution is -0.384. The van der Waals surface area contributed by atoms with Gasteiger partial charge in [-0.1, -0.05) is 50.0 Å². The summed E-state index contributed by atoms with van der Waals surface area (Å²) in [4.78, 5) is 25.2. The maximum absolute atomic E-state index is 12.9. The van der Waals surface area contributed by atoms with Crippen molar-refractivity contribution in [1.82, 2.24) is 0 Å². The van der Waals surface area contributed by atoms with Crippen molar-refractivity contribution in [3.8, 4) is 11.5 Å². The van der Waals surface area contributed by atoms with E-state index in [1.807, 2.05) is 6.07 Å². The minimum atomic E-state index is -0.508. The smallest absolute Gasteiger partial charge is 0.271 e. The van der Waals surface area contributed by atoms with Crippen LogP contribution in [0.15, 0.2) is 47.4 Å². The molecule has 0 atom stereocenters. The van der Waals surface area contributed by atoms with E-state index in [1.54, 1.807) is 31.4 Å². The van der Waals surface area contributed by atoms with Gasteiger partial charge in [0.15, 0.2) is 15.8 Å². The summed E-state index contributed by atoms with van der Waals surface area (Å²) in [6.07, 6.45) is 1.71. The number of rotatable bonds is 7. The summed E-state index contributed by atoms with van der Waals surface area (Å²) in [7, 11) is 1.56. The molecule has 0 aromatic heterocycles. The van der Waals surface area contributed by atoms with Gasteiger partial charge < -0.3 is 9.47 Å². The Morgan fingerprint density at radius 2 is 2.00 bits per heavy atom. The van der Waals surface area contributed by atoms with Crippen LogP contribution in [0.3, 0.4) is 0 Å². The number of benzene rings is 2. The van der Waals surface area contributed by atoms with Gasteiger partial charge in [0.25, 0.3) is 11.6 Å². The average molecular weight is 445 g/mol. The van der Waals surface area contributed by atoms with Gasteiger partial charge in [0.2, 0.25) is 0 Å². The van der Waals surface area contributed by atoms with E-state index >= 15 is 0 Å². The molecule has 1 aliphatic heterocycles. The van der Waals surface area contributed by atoms with Gasteiger partial charge >= 0.3 is 0 Å². The molecule has 0 saturated carbocycles. The van der Waals surface area contributed by atoms with Gasteiger partial charge in [0.1, 0.15) is 0 Å². The molecule has 30 heavy (non-hydrogen) atoms. The van der Waals surface area contributed by atoms with E-state index in [0.717, 1.165) is 17.3 Å². The van der Waals surface area contributed by atoms with E-state index in [9.17, 15) is 14.9 Å². The predicted octanol–water partition coefficient (Wildman–Crippen LogP) is 5.04. The number of anilines is 1. The summed E-state index contributed by atoms with van der Waals surface area (Å²) in [6.45, 7) is 4.69. The lowest BCUT2D eigenvalue weighted by atomic mass is 10.1. The molecule has 1 aliphatic rings. The van der Waals surface area contributed by atoms with Crippen LogP contribution in [0.2, 0.25) is 0 Å². The lowest BCUT2D eigenvalue weighted by Gasteiger charge is -2.14. The molecule has 0 spiro atoms. The first kappa shape index (κ1) is 21.8. The molecule has 1 amide bonds. The second kappa shape index (κ2) is 9.27. The molecule has 7 nitrogen and oxygen atoms in total. The van der Waals surface area contributed by atoms with Crippen LogP contribution < -0.4 is 14.4 Å². The number of amides is 1. The zero-order valence-corrected chi connectivity index (χ0v) is 18.3. The van der Waals surface area contributed by atoms with E-state index in [-0.39, 0.29) is 11.6 Å². The molecule has 1 fully saturated rings. The molecule has 156 valence electrons. The molecule has 0 aliphatic carbocycles. The van der Waals surface area contributed by atoms with Gasteiger partial charge in [-0.25, -0.2) is 0 Å². The fourth-order valence-electron chi connectivity index (χ4n) is 2.74. The number of carbonyl (C=O) groups is 1. The summed E-state index contributed by atoms with van der Waals surface area (Å²) in [5, 5.41) is 11.0. The van der Waals surface area contributed by atoms with Gasteiger partial charge in [-0.15, -0.1) is 0 Å². The van der Waals surface area contributed by atoms with Crippen LogP contribution in [0.1, 0.15) is 19.4 Å². The monoisotopic (exact) mass is 444 g/mol. The second-order valence-electron chi connectivity index (χ2n) is 6.91. The van der Waals surface area contributed by atoms with Crippen molar-refractivity contribution in [3.63, 3.8) is 0 Å². The molecule has 0 radical (unpaired) electrons. The van der Waals surface area contributed by atoms with E-state index in [1.165, 1.54) is 23.1 Å². The highest BCUT2D eigenvalue weighted by Crippen LogP contribution is 2.38. The third kappa shape index (κ3) is 4.80. The summed E-state index contributed by atoms with van der Waals surface area (Å²) in [6, 6.07) is 11.3. The summed E-state index contributed by atoms with van der Waals surface area (Å²) < 4.78 is 11.5. The molecular weight excluding hydrogens is 424 g/mol. The van der Waals surface area contributed by atoms with Gasteiger partial charge in [-0.3, -0.25) is 19.8 Å². The molecule has 9 heteroatoms. The van der Waals surface area contributed by atoms with Crippen LogP contribution >= 0.6 is 24.0 Å². The highest BCUT2D eigenvalue weighted by atomic mass is 32.2. The number of nitro benzene ring substituents is 1.